The van der Waals surface area contributed by atoms with Gasteiger partial charge in [-0.2, -0.15) is 0 Å². The average molecular weight is 482 g/mol. The van der Waals surface area contributed by atoms with E-state index in [9.17, 15) is 14.0 Å². The highest BCUT2D eigenvalue weighted by Gasteiger charge is 2.25. The maximum absolute atomic E-state index is 13.4. The van der Waals surface area contributed by atoms with Crippen LogP contribution in [0.1, 0.15) is 38.4 Å². The molecule has 4 rings (SSSR count). The fraction of sp³-hybridized carbons (Fsp3) is 0.308. The lowest BCUT2D eigenvalue weighted by molar-refractivity contribution is 0.0507. The van der Waals surface area contributed by atoms with Crippen molar-refractivity contribution >= 4 is 34.5 Å². The molecule has 2 aromatic carbocycles. The number of benzene rings is 2. The first-order valence-corrected chi connectivity index (χ1v) is 12.1. The maximum Gasteiger partial charge on any atom is 0.265 e. The number of carbonyl (C=O) groups excluding carboxylic acids is 2. The van der Waals surface area contributed by atoms with Crippen molar-refractivity contribution in [2.24, 2.45) is 0 Å². The second-order valence-corrected chi connectivity index (χ2v) is 9.44. The van der Waals surface area contributed by atoms with E-state index >= 15 is 0 Å². The molecule has 1 fully saturated rings. The number of anilines is 2. The first-order chi connectivity index (χ1) is 16.4. The Balaban J connectivity index is 1.61. The fourth-order valence-corrected chi connectivity index (χ4v) is 4.68. The summed E-state index contributed by atoms with van der Waals surface area (Å²) in [6.07, 6.45) is 1.83. The molecule has 2 amide bonds. The van der Waals surface area contributed by atoms with Crippen LogP contribution in [0.2, 0.25) is 0 Å². The summed E-state index contributed by atoms with van der Waals surface area (Å²) >= 11 is 1.38. The molecule has 8 heteroatoms. The molecule has 3 aromatic rings. The highest BCUT2D eigenvalue weighted by atomic mass is 32.1. The molecule has 1 aliphatic heterocycles. The van der Waals surface area contributed by atoms with Crippen LogP contribution in [0, 0.1) is 5.82 Å². The second kappa shape index (κ2) is 10.8. The monoisotopic (exact) mass is 481 g/mol. The fourth-order valence-electron chi connectivity index (χ4n) is 4.06. The molecule has 6 nitrogen and oxygen atoms in total. The number of rotatable bonds is 8. The van der Waals surface area contributed by atoms with Crippen LogP contribution < -0.4 is 10.2 Å². The van der Waals surface area contributed by atoms with Gasteiger partial charge < -0.3 is 19.9 Å². The van der Waals surface area contributed by atoms with Gasteiger partial charge in [-0.3, -0.25) is 9.59 Å². The minimum absolute atomic E-state index is 0.0334. The third-order valence-electron chi connectivity index (χ3n) is 5.75. The van der Waals surface area contributed by atoms with Crippen LogP contribution in [0.15, 0.2) is 60.0 Å². The highest BCUT2D eigenvalue weighted by molar-refractivity contribution is 7.12. The van der Waals surface area contributed by atoms with Gasteiger partial charge in [-0.1, -0.05) is 6.07 Å². The maximum atomic E-state index is 13.4. The molecule has 34 heavy (non-hydrogen) atoms. The molecular weight excluding hydrogens is 453 g/mol. The number of carbonyl (C=O) groups is 2. The zero-order valence-electron chi connectivity index (χ0n) is 19.3. The molecular formula is C26H28FN3O3S. The van der Waals surface area contributed by atoms with Gasteiger partial charge in [0, 0.05) is 50.7 Å². The summed E-state index contributed by atoms with van der Waals surface area (Å²) in [5.41, 5.74) is 2.92. The zero-order valence-corrected chi connectivity index (χ0v) is 20.1. The minimum Gasteiger partial charge on any atom is -0.377 e. The van der Waals surface area contributed by atoms with Crippen molar-refractivity contribution in [1.82, 2.24) is 4.90 Å². The number of hydrogen-bond donors (Lipinski definition) is 1. The van der Waals surface area contributed by atoms with Gasteiger partial charge in [-0.25, -0.2) is 4.39 Å². The summed E-state index contributed by atoms with van der Waals surface area (Å²) in [5.74, 6) is -0.739. The summed E-state index contributed by atoms with van der Waals surface area (Å²) < 4.78 is 19.2. The van der Waals surface area contributed by atoms with Crippen molar-refractivity contribution in [3.05, 3.63) is 81.8 Å². The standard InChI is InChI=1S/C26H28FN3O3S/c1-29(2)23-12-11-21(28-25(31)24-6-4-14-34-24)15-19(23)16-30(17-22-5-3-13-33-22)26(32)18-7-9-20(27)10-8-18/h4,6-12,14-15,22H,3,5,13,16-17H2,1-2H3,(H,28,31). The van der Waals surface area contributed by atoms with Crippen molar-refractivity contribution in [2.75, 3.05) is 37.5 Å². The van der Waals surface area contributed by atoms with Gasteiger partial charge in [0.05, 0.1) is 11.0 Å². The SMILES string of the molecule is CN(C)c1ccc(NC(=O)c2cccs2)cc1CN(CC1CCCO1)C(=O)c1ccc(F)cc1. The number of nitrogens with zero attached hydrogens (tertiary/aromatic N) is 2. The molecule has 1 atom stereocenters. The Bertz CT molecular complexity index is 1130. The van der Waals surface area contributed by atoms with Crippen molar-refractivity contribution in [3.63, 3.8) is 0 Å². The number of nitrogens with one attached hydrogen (secondary N) is 1. The summed E-state index contributed by atoms with van der Waals surface area (Å²) in [6, 6.07) is 14.9. The van der Waals surface area contributed by atoms with E-state index in [2.05, 4.69) is 5.32 Å². The van der Waals surface area contributed by atoms with Crippen molar-refractivity contribution in [3.8, 4) is 0 Å². The Kier molecular flexibility index (Phi) is 7.59. The number of amides is 2. The van der Waals surface area contributed by atoms with Gasteiger partial charge in [0.2, 0.25) is 0 Å². The third kappa shape index (κ3) is 5.81. The van der Waals surface area contributed by atoms with Crippen molar-refractivity contribution in [2.45, 2.75) is 25.5 Å². The molecule has 1 aromatic heterocycles. The molecule has 0 saturated carbocycles. The van der Waals surface area contributed by atoms with Gasteiger partial charge in [0.1, 0.15) is 5.82 Å². The highest BCUT2D eigenvalue weighted by Crippen LogP contribution is 2.27. The van der Waals surface area contributed by atoms with Crippen LogP contribution in [-0.4, -0.2) is 50.1 Å². The Hall–Kier alpha value is -3.23. The predicted octanol–water partition coefficient (Wildman–Crippen LogP) is 5.03. The number of halogens is 1. The van der Waals surface area contributed by atoms with Crippen LogP contribution in [0.5, 0.6) is 0 Å². The lowest BCUT2D eigenvalue weighted by atomic mass is 10.1. The van der Waals surface area contributed by atoms with Crippen molar-refractivity contribution in [1.29, 1.82) is 0 Å². The van der Waals surface area contributed by atoms with E-state index in [0.717, 1.165) is 24.1 Å². The summed E-state index contributed by atoms with van der Waals surface area (Å²) in [4.78, 5) is 30.3. The predicted molar refractivity (Wildman–Crippen MR) is 133 cm³/mol. The van der Waals surface area contributed by atoms with Gasteiger partial charge in [-0.15, -0.1) is 11.3 Å². The van der Waals surface area contributed by atoms with Gasteiger partial charge in [0.15, 0.2) is 0 Å². The topological polar surface area (TPSA) is 61.9 Å². The van der Waals surface area contributed by atoms with E-state index in [4.69, 9.17) is 4.74 Å². The first-order valence-electron chi connectivity index (χ1n) is 11.2. The molecule has 0 spiro atoms. The van der Waals surface area contributed by atoms with Crippen LogP contribution in [0.3, 0.4) is 0 Å². The Labute approximate surface area is 203 Å². The molecule has 0 radical (unpaired) electrons. The van der Waals surface area contributed by atoms with Crippen molar-refractivity contribution < 1.29 is 18.7 Å². The third-order valence-corrected chi connectivity index (χ3v) is 6.62. The zero-order chi connectivity index (χ0) is 24.1. The van der Waals surface area contributed by atoms with Gasteiger partial charge in [-0.05, 0) is 72.3 Å². The van der Waals surface area contributed by atoms with Crippen LogP contribution in [0.4, 0.5) is 15.8 Å². The van der Waals surface area contributed by atoms with Crippen LogP contribution >= 0.6 is 11.3 Å². The summed E-state index contributed by atoms with van der Waals surface area (Å²) in [6.45, 7) is 1.46. The normalized spacial score (nSPS) is 15.2. The number of thiophene rings is 1. The lowest BCUT2D eigenvalue weighted by Gasteiger charge is -2.28. The lowest BCUT2D eigenvalue weighted by Crippen LogP contribution is -2.37. The largest absolute Gasteiger partial charge is 0.377 e. The molecule has 2 heterocycles. The molecule has 1 unspecified atom stereocenters. The molecule has 0 aliphatic carbocycles. The van der Waals surface area contributed by atoms with Gasteiger partial charge >= 0.3 is 0 Å². The summed E-state index contributed by atoms with van der Waals surface area (Å²) in [5, 5.41) is 4.81. The molecule has 1 aliphatic rings. The van der Waals surface area contributed by atoms with E-state index in [1.165, 1.54) is 35.6 Å². The van der Waals surface area contributed by atoms with E-state index in [1.807, 2.05) is 48.6 Å². The second-order valence-electron chi connectivity index (χ2n) is 8.50. The van der Waals surface area contributed by atoms with Crippen LogP contribution in [-0.2, 0) is 11.3 Å². The Morgan fingerprint density at radius 3 is 2.59 bits per heavy atom. The minimum atomic E-state index is -0.383. The Morgan fingerprint density at radius 1 is 1.15 bits per heavy atom. The molecule has 1 saturated heterocycles. The summed E-state index contributed by atoms with van der Waals surface area (Å²) in [7, 11) is 3.88. The quantitative estimate of drug-likeness (QED) is 0.490. The Morgan fingerprint density at radius 2 is 1.94 bits per heavy atom. The smallest absolute Gasteiger partial charge is 0.265 e. The van der Waals surface area contributed by atoms with E-state index in [-0.39, 0.29) is 23.7 Å². The first kappa shape index (κ1) is 23.9. The average Bonchev–Trinajstić information content (AvgIpc) is 3.53. The molecule has 1 N–H and O–H groups in total. The van der Waals surface area contributed by atoms with E-state index < -0.39 is 0 Å². The number of hydrogen-bond acceptors (Lipinski definition) is 5. The van der Waals surface area contributed by atoms with E-state index in [1.54, 1.807) is 11.0 Å². The van der Waals surface area contributed by atoms with Crippen LogP contribution in [0.25, 0.3) is 0 Å². The molecule has 0 bridgehead atoms. The van der Waals surface area contributed by atoms with Gasteiger partial charge in [0.25, 0.3) is 11.8 Å². The molecule has 178 valence electrons. The van der Waals surface area contributed by atoms with E-state index in [0.29, 0.717) is 35.8 Å². The number of ether oxygens (including phenoxy) is 1.